The molecule has 0 bridgehead atoms. The van der Waals surface area contributed by atoms with Gasteiger partial charge >= 0.3 is 0 Å². The molecule has 2 atom stereocenters. The third kappa shape index (κ3) is 4.34. The van der Waals surface area contributed by atoms with Crippen LogP contribution in [-0.2, 0) is 16.4 Å². The molecule has 0 unspecified atom stereocenters. The molecule has 0 radical (unpaired) electrons. The maximum atomic E-state index is 12.3. The Bertz CT molecular complexity index is 1040. The van der Waals surface area contributed by atoms with Crippen molar-refractivity contribution in [1.82, 2.24) is 5.32 Å². The molecule has 0 spiro atoms. The van der Waals surface area contributed by atoms with Crippen molar-refractivity contribution in [3.8, 4) is 0 Å². The van der Waals surface area contributed by atoms with Crippen LogP contribution in [0.2, 0.25) is 5.02 Å². The standard InChI is InChI=1S/C19H18ClN3O3S2/c20-15-4-2-1-3-13(15)9-21-18(24)12-5-7-14(8-6-12)22-19-23-16-10-28(25,26)11-17(16)27-19/h1-8,16-17H,9-11H2,(H,21,24)(H,22,23)/t16-,17-/m0/s1. The third-order valence-electron chi connectivity index (χ3n) is 4.61. The predicted octanol–water partition coefficient (Wildman–Crippen LogP) is 2.95. The molecule has 2 aromatic carbocycles. The first kappa shape index (κ1) is 19.3. The van der Waals surface area contributed by atoms with Crippen LogP contribution in [-0.4, -0.2) is 42.3 Å². The molecule has 2 N–H and O–H groups in total. The Morgan fingerprint density at radius 3 is 2.61 bits per heavy atom. The van der Waals surface area contributed by atoms with Gasteiger partial charge in [-0.05, 0) is 35.9 Å². The van der Waals surface area contributed by atoms with Crippen molar-refractivity contribution >= 4 is 50.0 Å². The first-order valence-corrected chi connectivity index (χ1v) is 11.8. The molecular formula is C19H18ClN3O3S2. The smallest absolute Gasteiger partial charge is 0.251 e. The lowest BCUT2D eigenvalue weighted by atomic mass is 10.1. The van der Waals surface area contributed by atoms with E-state index in [2.05, 4.69) is 15.6 Å². The fourth-order valence-electron chi connectivity index (χ4n) is 3.16. The minimum absolute atomic E-state index is 0.00219. The Balaban J connectivity index is 1.34. The van der Waals surface area contributed by atoms with Crippen LogP contribution in [0, 0.1) is 0 Å². The lowest BCUT2D eigenvalue weighted by Crippen LogP contribution is -2.22. The molecular weight excluding hydrogens is 418 g/mol. The summed E-state index contributed by atoms with van der Waals surface area (Å²) in [4.78, 5) is 16.8. The highest BCUT2D eigenvalue weighted by atomic mass is 35.5. The van der Waals surface area contributed by atoms with Crippen molar-refractivity contribution in [3.05, 3.63) is 64.7 Å². The number of thioether (sulfide) groups is 1. The lowest BCUT2D eigenvalue weighted by Gasteiger charge is -2.09. The van der Waals surface area contributed by atoms with E-state index in [0.717, 1.165) is 16.4 Å². The van der Waals surface area contributed by atoms with Gasteiger partial charge in [0.2, 0.25) is 0 Å². The van der Waals surface area contributed by atoms with Crippen molar-refractivity contribution in [2.45, 2.75) is 17.8 Å². The number of nitrogens with one attached hydrogen (secondary N) is 2. The minimum Gasteiger partial charge on any atom is -0.348 e. The number of nitrogens with zero attached hydrogens (tertiary/aromatic N) is 1. The predicted molar refractivity (Wildman–Crippen MR) is 114 cm³/mol. The zero-order valence-electron chi connectivity index (χ0n) is 14.8. The van der Waals surface area contributed by atoms with E-state index in [1.165, 1.54) is 11.8 Å². The van der Waals surface area contributed by atoms with Crippen LogP contribution in [0.25, 0.3) is 0 Å². The minimum atomic E-state index is -2.95. The number of anilines is 1. The van der Waals surface area contributed by atoms with Gasteiger partial charge in [0.1, 0.15) is 0 Å². The van der Waals surface area contributed by atoms with Crippen LogP contribution in [0.15, 0.2) is 53.5 Å². The average Bonchev–Trinajstić information content (AvgIpc) is 3.14. The maximum Gasteiger partial charge on any atom is 0.251 e. The van der Waals surface area contributed by atoms with Gasteiger partial charge in [-0.25, -0.2) is 8.42 Å². The molecule has 146 valence electrons. The second kappa shape index (κ2) is 7.77. The summed E-state index contributed by atoms with van der Waals surface area (Å²) >= 11 is 7.56. The SMILES string of the molecule is O=C(NCc1ccccc1Cl)c1ccc(NC2=N[C@H]3CS(=O)(=O)C[C@@H]3S2)cc1. The Morgan fingerprint density at radius 1 is 1.14 bits per heavy atom. The van der Waals surface area contributed by atoms with Gasteiger partial charge < -0.3 is 10.6 Å². The summed E-state index contributed by atoms with van der Waals surface area (Å²) in [6, 6.07) is 14.3. The quantitative estimate of drug-likeness (QED) is 0.770. The van der Waals surface area contributed by atoms with Gasteiger partial charge in [-0.1, -0.05) is 41.6 Å². The molecule has 2 aliphatic heterocycles. The summed E-state index contributed by atoms with van der Waals surface area (Å²) in [5.41, 5.74) is 2.21. The van der Waals surface area contributed by atoms with Crippen molar-refractivity contribution < 1.29 is 13.2 Å². The number of hydrogen-bond donors (Lipinski definition) is 2. The van der Waals surface area contributed by atoms with E-state index in [1.807, 2.05) is 18.2 Å². The summed E-state index contributed by atoms with van der Waals surface area (Å²) in [5, 5.41) is 7.40. The fraction of sp³-hybridized carbons (Fsp3) is 0.263. The van der Waals surface area contributed by atoms with Gasteiger partial charge in [-0.15, -0.1) is 0 Å². The number of carbonyl (C=O) groups excluding carboxylic acids is 1. The number of carbonyl (C=O) groups is 1. The van der Waals surface area contributed by atoms with E-state index < -0.39 is 9.84 Å². The van der Waals surface area contributed by atoms with Crippen LogP contribution in [0.4, 0.5) is 5.69 Å². The van der Waals surface area contributed by atoms with E-state index in [9.17, 15) is 13.2 Å². The molecule has 4 rings (SSSR count). The molecule has 0 saturated carbocycles. The number of amides is 1. The lowest BCUT2D eigenvalue weighted by molar-refractivity contribution is 0.0951. The van der Waals surface area contributed by atoms with Crippen LogP contribution in [0.5, 0.6) is 0 Å². The molecule has 28 heavy (non-hydrogen) atoms. The van der Waals surface area contributed by atoms with E-state index in [4.69, 9.17) is 11.6 Å². The summed E-state index contributed by atoms with van der Waals surface area (Å²) in [5.74, 6) is 0.126. The summed E-state index contributed by atoms with van der Waals surface area (Å²) in [6.45, 7) is 0.359. The molecule has 0 aliphatic carbocycles. The first-order valence-electron chi connectivity index (χ1n) is 8.73. The number of rotatable bonds is 4. The van der Waals surface area contributed by atoms with Crippen molar-refractivity contribution in [2.75, 3.05) is 16.8 Å². The highest BCUT2D eigenvalue weighted by Gasteiger charge is 2.42. The fourth-order valence-corrected chi connectivity index (χ4v) is 7.04. The zero-order chi connectivity index (χ0) is 19.7. The van der Waals surface area contributed by atoms with Crippen molar-refractivity contribution in [2.24, 2.45) is 4.99 Å². The number of hydrogen-bond acceptors (Lipinski definition) is 6. The van der Waals surface area contributed by atoms with E-state index in [-0.39, 0.29) is 28.7 Å². The highest BCUT2D eigenvalue weighted by Crippen LogP contribution is 2.34. The summed E-state index contributed by atoms with van der Waals surface area (Å²) in [6.07, 6.45) is 0. The number of sulfone groups is 1. The molecule has 9 heteroatoms. The largest absolute Gasteiger partial charge is 0.348 e. The van der Waals surface area contributed by atoms with Crippen molar-refractivity contribution in [3.63, 3.8) is 0 Å². The number of fused-ring (bicyclic) bond motifs is 1. The molecule has 2 aromatic rings. The monoisotopic (exact) mass is 435 g/mol. The molecule has 1 saturated heterocycles. The third-order valence-corrected chi connectivity index (χ3v) is 8.12. The maximum absolute atomic E-state index is 12.3. The first-order chi connectivity index (χ1) is 13.4. The molecule has 2 heterocycles. The normalized spacial score (nSPS) is 22.4. The van der Waals surface area contributed by atoms with E-state index in [1.54, 1.807) is 30.3 Å². The number of halogens is 1. The van der Waals surface area contributed by atoms with E-state index >= 15 is 0 Å². The van der Waals surface area contributed by atoms with Crippen LogP contribution in [0.1, 0.15) is 15.9 Å². The van der Waals surface area contributed by atoms with Gasteiger partial charge in [0.25, 0.3) is 5.91 Å². The Hall–Kier alpha value is -2.03. The topological polar surface area (TPSA) is 87.6 Å². The molecule has 1 amide bonds. The van der Waals surface area contributed by atoms with Crippen LogP contribution >= 0.6 is 23.4 Å². The Labute approximate surface area is 172 Å². The number of benzene rings is 2. The van der Waals surface area contributed by atoms with Gasteiger partial charge in [0.05, 0.1) is 17.5 Å². The van der Waals surface area contributed by atoms with Gasteiger partial charge in [-0.2, -0.15) is 0 Å². The molecule has 6 nitrogen and oxygen atoms in total. The van der Waals surface area contributed by atoms with Gasteiger partial charge in [0.15, 0.2) is 15.0 Å². The average molecular weight is 436 g/mol. The molecule has 2 aliphatic rings. The second-order valence-corrected chi connectivity index (χ2v) is 10.5. The van der Waals surface area contributed by atoms with Gasteiger partial charge in [-0.3, -0.25) is 9.79 Å². The summed E-state index contributed by atoms with van der Waals surface area (Å²) in [7, 11) is -2.95. The van der Waals surface area contributed by atoms with Crippen LogP contribution < -0.4 is 10.6 Å². The van der Waals surface area contributed by atoms with Crippen molar-refractivity contribution in [1.29, 1.82) is 0 Å². The van der Waals surface area contributed by atoms with Crippen LogP contribution in [0.3, 0.4) is 0 Å². The number of aliphatic imine (C=N–C) groups is 1. The number of amidine groups is 1. The second-order valence-electron chi connectivity index (χ2n) is 6.71. The zero-order valence-corrected chi connectivity index (χ0v) is 17.2. The molecule has 0 aromatic heterocycles. The highest BCUT2D eigenvalue weighted by molar-refractivity contribution is 8.15. The summed E-state index contributed by atoms with van der Waals surface area (Å²) < 4.78 is 23.2. The Morgan fingerprint density at radius 2 is 1.89 bits per heavy atom. The molecule has 1 fully saturated rings. The van der Waals surface area contributed by atoms with E-state index in [0.29, 0.717) is 17.1 Å². The Kier molecular flexibility index (Phi) is 5.35. The van der Waals surface area contributed by atoms with Gasteiger partial charge in [0, 0.05) is 28.1 Å².